The Labute approximate surface area is 115 Å². The van der Waals surface area contributed by atoms with Crippen molar-refractivity contribution in [2.75, 3.05) is 0 Å². The van der Waals surface area contributed by atoms with Gasteiger partial charge in [0.1, 0.15) is 0 Å². The van der Waals surface area contributed by atoms with Gasteiger partial charge in [-0.05, 0) is 23.3 Å². The minimum absolute atomic E-state index is 0.214. The summed E-state index contributed by atoms with van der Waals surface area (Å²) in [5.74, 6) is -2.50. The zero-order valence-electron chi connectivity index (χ0n) is 10.5. The van der Waals surface area contributed by atoms with Gasteiger partial charge in [0.15, 0.2) is 0 Å². The molecule has 2 rings (SSSR count). The summed E-state index contributed by atoms with van der Waals surface area (Å²) >= 11 is 0. The molecule has 0 unspecified atom stereocenters. The number of aromatic carboxylic acids is 2. The molecule has 2 aromatic rings. The summed E-state index contributed by atoms with van der Waals surface area (Å²) in [6.45, 7) is 0. The lowest BCUT2D eigenvalue weighted by atomic mass is 10.0. The number of carboxylic acids is 2. The van der Waals surface area contributed by atoms with Crippen molar-refractivity contribution in [2.24, 2.45) is 0 Å². The van der Waals surface area contributed by atoms with Gasteiger partial charge < -0.3 is 10.2 Å². The molecule has 20 heavy (non-hydrogen) atoms. The highest BCUT2D eigenvalue weighted by Gasteiger charge is 2.15. The lowest BCUT2D eigenvalue weighted by Gasteiger charge is -2.02. The Morgan fingerprint density at radius 1 is 0.750 bits per heavy atom. The van der Waals surface area contributed by atoms with Gasteiger partial charge in [0.25, 0.3) is 0 Å². The second-order valence-corrected chi connectivity index (χ2v) is 4.16. The van der Waals surface area contributed by atoms with Crippen LogP contribution in [-0.2, 0) is 0 Å². The van der Waals surface area contributed by atoms with Gasteiger partial charge in [0.2, 0.25) is 0 Å². The molecule has 2 aromatic carbocycles. The van der Waals surface area contributed by atoms with E-state index in [0.29, 0.717) is 5.56 Å². The van der Waals surface area contributed by atoms with Crippen molar-refractivity contribution in [1.82, 2.24) is 0 Å². The first kappa shape index (κ1) is 13.5. The molecule has 0 saturated carbocycles. The SMILES string of the molecule is O=C(O)c1ccc(/C=C/c2ccccc2)cc1C(=O)O. The molecule has 4 nitrogen and oxygen atoms in total. The average molecular weight is 268 g/mol. The van der Waals surface area contributed by atoms with Crippen molar-refractivity contribution < 1.29 is 19.8 Å². The fourth-order valence-corrected chi connectivity index (χ4v) is 1.79. The summed E-state index contributed by atoms with van der Waals surface area (Å²) in [4.78, 5) is 22.0. The maximum absolute atomic E-state index is 11.1. The first-order valence-corrected chi connectivity index (χ1v) is 5.91. The Bertz CT molecular complexity index is 672. The third kappa shape index (κ3) is 3.11. The van der Waals surface area contributed by atoms with E-state index in [1.807, 2.05) is 36.4 Å². The summed E-state index contributed by atoms with van der Waals surface area (Å²) in [7, 11) is 0. The van der Waals surface area contributed by atoms with Crippen LogP contribution in [0, 0.1) is 0 Å². The maximum Gasteiger partial charge on any atom is 0.336 e. The van der Waals surface area contributed by atoms with Crippen molar-refractivity contribution in [3.05, 3.63) is 70.8 Å². The first-order chi connectivity index (χ1) is 9.58. The summed E-state index contributed by atoms with van der Waals surface area (Å²) in [6, 6.07) is 13.8. The van der Waals surface area contributed by atoms with Gasteiger partial charge in [0.05, 0.1) is 11.1 Å². The van der Waals surface area contributed by atoms with Crippen LogP contribution < -0.4 is 0 Å². The number of hydrogen-bond acceptors (Lipinski definition) is 2. The number of carbonyl (C=O) groups is 2. The molecule has 0 heterocycles. The predicted octanol–water partition coefficient (Wildman–Crippen LogP) is 3.25. The normalized spacial score (nSPS) is 10.6. The highest BCUT2D eigenvalue weighted by atomic mass is 16.4. The predicted molar refractivity (Wildman–Crippen MR) is 75.7 cm³/mol. The summed E-state index contributed by atoms with van der Waals surface area (Å²) in [6.07, 6.45) is 3.58. The summed E-state index contributed by atoms with van der Waals surface area (Å²) in [5.41, 5.74) is 1.19. The number of benzene rings is 2. The smallest absolute Gasteiger partial charge is 0.336 e. The minimum atomic E-state index is -1.25. The summed E-state index contributed by atoms with van der Waals surface area (Å²) in [5, 5.41) is 18.0. The molecule has 2 N–H and O–H groups in total. The van der Waals surface area contributed by atoms with E-state index in [0.717, 1.165) is 5.56 Å². The third-order valence-electron chi connectivity index (χ3n) is 2.77. The fraction of sp³-hybridized carbons (Fsp3) is 0. The molecule has 4 heteroatoms. The summed E-state index contributed by atoms with van der Waals surface area (Å²) < 4.78 is 0. The van der Waals surface area contributed by atoms with E-state index in [1.165, 1.54) is 12.1 Å². The van der Waals surface area contributed by atoms with Crippen molar-refractivity contribution >= 4 is 24.1 Å². The Balaban J connectivity index is 2.35. The molecule has 0 aromatic heterocycles. The Morgan fingerprint density at radius 2 is 1.35 bits per heavy atom. The lowest BCUT2D eigenvalue weighted by molar-refractivity contribution is 0.0651. The van der Waals surface area contributed by atoms with E-state index in [1.54, 1.807) is 12.1 Å². The van der Waals surface area contributed by atoms with E-state index in [-0.39, 0.29) is 11.1 Å². The molecule has 0 fully saturated rings. The molecule has 0 radical (unpaired) electrons. The molecule has 0 bridgehead atoms. The fourth-order valence-electron chi connectivity index (χ4n) is 1.79. The van der Waals surface area contributed by atoms with Gasteiger partial charge in [0, 0.05) is 0 Å². The molecule has 100 valence electrons. The highest BCUT2D eigenvalue weighted by molar-refractivity contribution is 6.02. The standard InChI is InChI=1S/C16H12O4/c17-15(18)13-9-8-12(10-14(13)16(19)20)7-6-11-4-2-1-3-5-11/h1-10H,(H,17,18)(H,19,20)/b7-6+. The molecular formula is C16H12O4. The van der Waals surface area contributed by atoms with E-state index >= 15 is 0 Å². The topological polar surface area (TPSA) is 74.6 Å². The molecule has 0 atom stereocenters. The van der Waals surface area contributed by atoms with Crippen molar-refractivity contribution in [3.63, 3.8) is 0 Å². The second-order valence-electron chi connectivity index (χ2n) is 4.16. The van der Waals surface area contributed by atoms with Crippen LogP contribution in [0.5, 0.6) is 0 Å². The van der Waals surface area contributed by atoms with Crippen LogP contribution in [0.25, 0.3) is 12.2 Å². The van der Waals surface area contributed by atoms with Crippen LogP contribution in [0.2, 0.25) is 0 Å². The van der Waals surface area contributed by atoms with Crippen molar-refractivity contribution in [2.45, 2.75) is 0 Å². The number of carboxylic acid groups (broad SMARTS) is 2. The van der Waals surface area contributed by atoms with E-state index in [4.69, 9.17) is 10.2 Å². The van der Waals surface area contributed by atoms with Gasteiger partial charge in [-0.15, -0.1) is 0 Å². The molecular weight excluding hydrogens is 256 g/mol. The lowest BCUT2D eigenvalue weighted by Crippen LogP contribution is -2.07. The van der Waals surface area contributed by atoms with Gasteiger partial charge in [-0.2, -0.15) is 0 Å². The van der Waals surface area contributed by atoms with E-state index < -0.39 is 11.9 Å². The average Bonchev–Trinajstić information content (AvgIpc) is 2.45. The van der Waals surface area contributed by atoms with Gasteiger partial charge in [-0.1, -0.05) is 48.6 Å². The highest BCUT2D eigenvalue weighted by Crippen LogP contribution is 2.15. The van der Waals surface area contributed by atoms with Crippen molar-refractivity contribution in [3.8, 4) is 0 Å². The largest absolute Gasteiger partial charge is 0.478 e. The molecule has 0 spiro atoms. The monoisotopic (exact) mass is 268 g/mol. The van der Waals surface area contributed by atoms with Gasteiger partial charge in [-0.25, -0.2) is 9.59 Å². The maximum atomic E-state index is 11.1. The van der Waals surface area contributed by atoms with Gasteiger partial charge >= 0.3 is 11.9 Å². The van der Waals surface area contributed by atoms with Crippen LogP contribution in [0.4, 0.5) is 0 Å². The third-order valence-corrected chi connectivity index (χ3v) is 2.77. The van der Waals surface area contributed by atoms with E-state index in [2.05, 4.69) is 0 Å². The van der Waals surface area contributed by atoms with Crippen LogP contribution >= 0.6 is 0 Å². The van der Waals surface area contributed by atoms with Crippen LogP contribution in [0.15, 0.2) is 48.5 Å². The molecule has 0 aliphatic heterocycles. The number of rotatable bonds is 4. The molecule has 0 aliphatic rings. The minimum Gasteiger partial charge on any atom is -0.478 e. The second kappa shape index (κ2) is 5.84. The van der Waals surface area contributed by atoms with Crippen LogP contribution in [0.1, 0.15) is 31.8 Å². The quantitative estimate of drug-likeness (QED) is 0.835. The molecule has 0 amide bonds. The van der Waals surface area contributed by atoms with Crippen molar-refractivity contribution in [1.29, 1.82) is 0 Å². The Hall–Kier alpha value is -2.88. The Morgan fingerprint density at radius 3 is 1.95 bits per heavy atom. The zero-order valence-corrected chi connectivity index (χ0v) is 10.5. The van der Waals surface area contributed by atoms with Gasteiger partial charge in [-0.3, -0.25) is 0 Å². The molecule has 0 aliphatic carbocycles. The molecule has 0 saturated heterocycles. The number of hydrogen-bond donors (Lipinski definition) is 2. The first-order valence-electron chi connectivity index (χ1n) is 5.91. The van der Waals surface area contributed by atoms with E-state index in [9.17, 15) is 9.59 Å². The Kier molecular flexibility index (Phi) is 3.96. The zero-order chi connectivity index (χ0) is 14.5. The van der Waals surface area contributed by atoms with Crippen LogP contribution in [0.3, 0.4) is 0 Å². The van der Waals surface area contributed by atoms with Crippen LogP contribution in [-0.4, -0.2) is 22.2 Å².